The molecule has 30 heavy (non-hydrogen) atoms. The first-order valence-corrected chi connectivity index (χ1v) is 13.3. The number of rotatable bonds is 3. The van der Waals surface area contributed by atoms with Crippen molar-refractivity contribution in [3.05, 3.63) is 111 Å². The third kappa shape index (κ3) is 2.76. The van der Waals surface area contributed by atoms with Crippen molar-refractivity contribution in [3.8, 4) is 0 Å². The van der Waals surface area contributed by atoms with Crippen molar-refractivity contribution in [3.63, 3.8) is 0 Å². The highest BCUT2D eigenvalue weighted by atomic mass is 32.3. The summed E-state index contributed by atoms with van der Waals surface area (Å²) in [7, 11) is -1.12. The molecule has 152 valence electrons. The van der Waals surface area contributed by atoms with Gasteiger partial charge >= 0.3 is 0 Å². The zero-order valence-electron chi connectivity index (χ0n) is 18.6. The third-order valence-electron chi connectivity index (χ3n) is 7.08. The summed E-state index contributed by atoms with van der Waals surface area (Å²) in [5, 5.41) is 0.427. The van der Waals surface area contributed by atoms with Crippen LogP contribution in [0.1, 0.15) is 58.4 Å². The second kappa shape index (κ2) is 7.03. The zero-order chi connectivity index (χ0) is 21.0. The lowest BCUT2D eigenvalue weighted by molar-refractivity contribution is 0.967. The van der Waals surface area contributed by atoms with E-state index in [2.05, 4.69) is 112 Å². The molecule has 0 fully saturated rings. The van der Waals surface area contributed by atoms with E-state index in [1.165, 1.54) is 44.5 Å². The molecule has 0 bridgehead atoms. The highest BCUT2D eigenvalue weighted by Gasteiger charge is 2.42. The monoisotopic (exact) mass is 410 g/mol. The van der Waals surface area contributed by atoms with Gasteiger partial charge in [-0.3, -0.25) is 0 Å². The van der Waals surface area contributed by atoms with E-state index in [0.717, 1.165) is 0 Å². The van der Waals surface area contributed by atoms with Gasteiger partial charge in [0.25, 0.3) is 0 Å². The van der Waals surface area contributed by atoms with Crippen LogP contribution in [0, 0.1) is 6.92 Å². The molecule has 0 heterocycles. The molecule has 0 nitrogen and oxygen atoms in total. The number of hydrogen-bond donors (Lipinski definition) is 0. The first kappa shape index (κ1) is 19.5. The fourth-order valence-electron chi connectivity index (χ4n) is 5.83. The Kier molecular flexibility index (Phi) is 4.56. The van der Waals surface area contributed by atoms with Crippen LogP contribution in [0.5, 0.6) is 0 Å². The molecule has 1 heteroatoms. The summed E-state index contributed by atoms with van der Waals surface area (Å²) in [4.78, 5) is 1.67. The summed E-state index contributed by atoms with van der Waals surface area (Å²) < 4.78 is 0. The van der Waals surface area contributed by atoms with Crippen molar-refractivity contribution >= 4 is 27.3 Å². The molecule has 3 aromatic rings. The van der Waals surface area contributed by atoms with Gasteiger partial charge in [-0.1, -0.05) is 79.7 Å². The lowest BCUT2D eigenvalue weighted by Gasteiger charge is -2.44. The minimum atomic E-state index is -1.12. The van der Waals surface area contributed by atoms with E-state index < -0.39 is 10.0 Å². The molecule has 0 radical (unpaired) electrons. The van der Waals surface area contributed by atoms with Crippen LogP contribution in [0.4, 0.5) is 0 Å². The van der Waals surface area contributed by atoms with Crippen LogP contribution >= 0.6 is 10.0 Å². The van der Waals surface area contributed by atoms with Gasteiger partial charge in [0.2, 0.25) is 0 Å². The first-order valence-electron chi connectivity index (χ1n) is 10.8. The normalized spacial score (nSPS) is 20.8. The Hall–Kier alpha value is -2.51. The van der Waals surface area contributed by atoms with Gasteiger partial charge in [0.05, 0.1) is 0 Å². The average molecular weight is 411 g/mol. The maximum Gasteiger partial charge on any atom is 0.0434 e. The maximum absolute atomic E-state index is 2.55. The maximum atomic E-state index is 2.55. The van der Waals surface area contributed by atoms with Crippen LogP contribution in [0.15, 0.2) is 77.7 Å². The molecule has 2 atom stereocenters. The van der Waals surface area contributed by atoms with Crippen LogP contribution < -0.4 is 0 Å². The second-order valence-corrected chi connectivity index (χ2v) is 12.9. The Balaban J connectivity index is 1.70. The average Bonchev–Trinajstić information content (AvgIpc) is 3.25. The molecule has 0 aromatic heterocycles. The Morgan fingerprint density at radius 3 is 2.00 bits per heavy atom. The van der Waals surface area contributed by atoms with E-state index in [9.17, 15) is 0 Å². The predicted octanol–water partition coefficient (Wildman–Crippen LogP) is 8.20. The second-order valence-electron chi connectivity index (χ2n) is 9.13. The summed E-state index contributed by atoms with van der Waals surface area (Å²) in [6.45, 7) is 7.01. The lowest BCUT2D eigenvalue weighted by Crippen LogP contribution is -2.14. The fourth-order valence-corrected chi connectivity index (χ4v) is 9.71. The number of fused-ring (bicyclic) bond motifs is 2. The van der Waals surface area contributed by atoms with Gasteiger partial charge < -0.3 is 0 Å². The zero-order valence-corrected chi connectivity index (χ0v) is 19.4. The minimum absolute atomic E-state index is 0.427. The van der Waals surface area contributed by atoms with Gasteiger partial charge in [0, 0.05) is 11.2 Å². The first-order chi connectivity index (χ1) is 14.4. The number of allylic oxidation sites excluding steroid dienone is 2. The Labute approximate surface area is 182 Å². The largest absolute Gasteiger partial charge is 0.212 e. The smallest absolute Gasteiger partial charge is 0.0434 e. The van der Waals surface area contributed by atoms with Crippen LogP contribution in [0.3, 0.4) is 0 Å². The molecule has 0 aliphatic heterocycles. The Morgan fingerprint density at radius 1 is 0.700 bits per heavy atom. The van der Waals surface area contributed by atoms with Crippen molar-refractivity contribution in [2.24, 2.45) is 0 Å². The molecule has 5 rings (SSSR count). The standard InChI is InChI=1S/C29H30S/c1-19-12-6-8-14-23(19)27-18-22-13-7-9-17-26(22)29(27)30(4,5)28-20(2)24-15-10-11-16-25(24)21(28)3/h6-18,20,29H,1-5H3. The topological polar surface area (TPSA) is 0 Å². The molecule has 0 saturated carbocycles. The molecule has 2 unspecified atom stereocenters. The molecule has 2 aliphatic rings. The van der Waals surface area contributed by atoms with E-state index in [1.807, 2.05) is 0 Å². The molecule has 0 spiro atoms. The molecule has 0 amide bonds. The van der Waals surface area contributed by atoms with Crippen molar-refractivity contribution < 1.29 is 0 Å². The van der Waals surface area contributed by atoms with E-state index in [1.54, 1.807) is 4.91 Å². The number of hydrogen-bond acceptors (Lipinski definition) is 0. The molecular weight excluding hydrogens is 380 g/mol. The molecule has 0 N–H and O–H groups in total. The van der Waals surface area contributed by atoms with Crippen molar-refractivity contribution in [2.45, 2.75) is 31.9 Å². The molecule has 3 aromatic carbocycles. The number of benzene rings is 3. The Bertz CT molecular complexity index is 1210. The Morgan fingerprint density at radius 2 is 1.30 bits per heavy atom. The van der Waals surface area contributed by atoms with Crippen LogP contribution in [-0.2, 0) is 0 Å². The van der Waals surface area contributed by atoms with E-state index >= 15 is 0 Å². The van der Waals surface area contributed by atoms with Gasteiger partial charge in [-0.15, -0.1) is 0 Å². The summed E-state index contributed by atoms with van der Waals surface area (Å²) in [5.74, 6) is 0.483. The summed E-state index contributed by atoms with van der Waals surface area (Å²) in [6.07, 6.45) is 7.56. The quantitative estimate of drug-likeness (QED) is 0.408. The SMILES string of the molecule is CC1=C(S(C)(C)C2C(c3ccccc3C)=Cc3ccccc32)C(C)c2ccccc21. The number of aryl methyl sites for hydroxylation is 1. The summed E-state index contributed by atoms with van der Waals surface area (Å²) >= 11 is 0. The van der Waals surface area contributed by atoms with Gasteiger partial charge in [0.1, 0.15) is 0 Å². The molecular formula is C29H30S. The minimum Gasteiger partial charge on any atom is -0.212 e. The lowest BCUT2D eigenvalue weighted by atomic mass is 9.99. The van der Waals surface area contributed by atoms with Gasteiger partial charge in [-0.25, -0.2) is 10.0 Å². The van der Waals surface area contributed by atoms with Gasteiger partial charge in [-0.05, 0) is 81.9 Å². The van der Waals surface area contributed by atoms with Crippen LogP contribution in [0.2, 0.25) is 0 Å². The van der Waals surface area contributed by atoms with E-state index in [4.69, 9.17) is 0 Å². The van der Waals surface area contributed by atoms with Crippen molar-refractivity contribution in [1.29, 1.82) is 0 Å². The van der Waals surface area contributed by atoms with Gasteiger partial charge in [-0.2, -0.15) is 0 Å². The highest BCUT2D eigenvalue weighted by Crippen LogP contribution is 2.72. The van der Waals surface area contributed by atoms with E-state index in [0.29, 0.717) is 11.2 Å². The van der Waals surface area contributed by atoms with E-state index in [-0.39, 0.29) is 0 Å². The van der Waals surface area contributed by atoms with Crippen molar-refractivity contribution in [1.82, 2.24) is 0 Å². The van der Waals surface area contributed by atoms with Gasteiger partial charge in [0.15, 0.2) is 0 Å². The fraction of sp³-hybridized carbons (Fsp3) is 0.241. The molecule has 0 saturated heterocycles. The van der Waals surface area contributed by atoms with Crippen LogP contribution in [-0.4, -0.2) is 12.5 Å². The predicted molar refractivity (Wildman–Crippen MR) is 135 cm³/mol. The third-order valence-corrected chi connectivity index (χ3v) is 10.6. The summed E-state index contributed by atoms with van der Waals surface area (Å²) in [5.41, 5.74) is 11.6. The van der Waals surface area contributed by atoms with Crippen molar-refractivity contribution in [2.75, 3.05) is 12.5 Å². The highest BCUT2D eigenvalue weighted by molar-refractivity contribution is 8.36. The van der Waals surface area contributed by atoms with Crippen LogP contribution in [0.25, 0.3) is 17.2 Å². The molecule has 2 aliphatic carbocycles. The summed E-state index contributed by atoms with van der Waals surface area (Å²) in [6, 6.07) is 26.9.